The maximum absolute atomic E-state index is 12.6. The van der Waals surface area contributed by atoms with Crippen LogP contribution in [0.2, 0.25) is 0 Å². The Balaban J connectivity index is 1.83. The number of carbonyl (C=O) groups excluding carboxylic acids is 1. The van der Waals surface area contributed by atoms with E-state index in [0.717, 1.165) is 29.3 Å². The summed E-state index contributed by atoms with van der Waals surface area (Å²) in [5, 5.41) is 1.95. The monoisotopic (exact) mass is 316 g/mol. The van der Waals surface area contributed by atoms with E-state index >= 15 is 0 Å². The highest BCUT2D eigenvalue weighted by Crippen LogP contribution is 2.31. The summed E-state index contributed by atoms with van der Waals surface area (Å²) in [4.78, 5) is 17.6. The van der Waals surface area contributed by atoms with Crippen LogP contribution in [0.5, 0.6) is 5.75 Å². The molecule has 1 unspecified atom stereocenters. The zero-order valence-corrected chi connectivity index (χ0v) is 13.7. The molecule has 1 aromatic carbocycles. The first kappa shape index (κ1) is 15.1. The summed E-state index contributed by atoms with van der Waals surface area (Å²) in [5.74, 6) is 1.01. The number of para-hydroxylation sites is 1. The van der Waals surface area contributed by atoms with E-state index in [4.69, 9.17) is 4.74 Å². The van der Waals surface area contributed by atoms with Gasteiger partial charge in [-0.15, -0.1) is 11.3 Å². The van der Waals surface area contributed by atoms with Gasteiger partial charge >= 0.3 is 0 Å². The summed E-state index contributed by atoms with van der Waals surface area (Å²) in [6.45, 7) is 2.31. The van der Waals surface area contributed by atoms with Gasteiger partial charge in [-0.3, -0.25) is 9.69 Å². The van der Waals surface area contributed by atoms with Crippen molar-refractivity contribution in [1.82, 2.24) is 9.80 Å². The lowest BCUT2D eigenvalue weighted by atomic mass is 10.0. The number of nitrogens with zero attached hydrogens (tertiary/aromatic N) is 2. The lowest BCUT2D eigenvalue weighted by molar-refractivity contribution is 0.0547. The second-order valence-electron chi connectivity index (χ2n) is 5.47. The van der Waals surface area contributed by atoms with Crippen molar-refractivity contribution in [3.8, 4) is 5.75 Å². The molecule has 5 heteroatoms. The number of rotatable bonds is 3. The molecule has 1 amide bonds. The number of piperazine rings is 1. The van der Waals surface area contributed by atoms with Gasteiger partial charge < -0.3 is 9.64 Å². The third-order valence-electron chi connectivity index (χ3n) is 4.17. The first-order valence-electron chi connectivity index (χ1n) is 7.36. The molecule has 1 aliphatic heterocycles. The fraction of sp³-hybridized carbons (Fsp3) is 0.353. The highest BCUT2D eigenvalue weighted by atomic mass is 32.1. The predicted octanol–water partition coefficient (Wildman–Crippen LogP) is 2.89. The third kappa shape index (κ3) is 2.87. The lowest BCUT2D eigenvalue weighted by Crippen LogP contribution is -2.48. The SMILES string of the molecule is COc1ccccc1C1CN(C(=O)c2cccs2)CCN1C. The van der Waals surface area contributed by atoms with E-state index in [2.05, 4.69) is 18.0 Å². The molecule has 116 valence electrons. The molecule has 0 bridgehead atoms. The van der Waals surface area contributed by atoms with Gasteiger partial charge in [0.2, 0.25) is 0 Å². The highest BCUT2D eigenvalue weighted by molar-refractivity contribution is 7.12. The molecule has 3 rings (SSSR count). The van der Waals surface area contributed by atoms with Crippen molar-refractivity contribution in [2.75, 3.05) is 33.8 Å². The molecule has 0 radical (unpaired) electrons. The summed E-state index contributed by atoms with van der Waals surface area (Å²) in [6, 6.07) is 12.0. The Bertz CT molecular complexity index is 642. The number of likely N-dealkylation sites (N-methyl/N-ethyl adjacent to an activating group) is 1. The van der Waals surface area contributed by atoms with Crippen LogP contribution in [0.15, 0.2) is 41.8 Å². The fourth-order valence-corrected chi connectivity index (χ4v) is 3.58. The summed E-state index contributed by atoms with van der Waals surface area (Å²) in [7, 11) is 3.79. The van der Waals surface area contributed by atoms with E-state index in [0.29, 0.717) is 6.54 Å². The van der Waals surface area contributed by atoms with Crippen LogP contribution in [-0.4, -0.2) is 49.5 Å². The predicted molar refractivity (Wildman–Crippen MR) is 88.6 cm³/mol. The normalized spacial score (nSPS) is 19.2. The molecule has 0 aliphatic carbocycles. The first-order valence-corrected chi connectivity index (χ1v) is 8.24. The fourth-order valence-electron chi connectivity index (χ4n) is 2.89. The minimum Gasteiger partial charge on any atom is -0.496 e. The first-order chi connectivity index (χ1) is 10.7. The van der Waals surface area contributed by atoms with Gasteiger partial charge in [-0.1, -0.05) is 24.3 Å². The largest absolute Gasteiger partial charge is 0.496 e. The van der Waals surface area contributed by atoms with Crippen molar-refractivity contribution in [1.29, 1.82) is 0 Å². The lowest BCUT2D eigenvalue weighted by Gasteiger charge is -2.40. The number of methoxy groups -OCH3 is 1. The molecule has 1 fully saturated rings. The van der Waals surface area contributed by atoms with Crippen molar-refractivity contribution in [2.24, 2.45) is 0 Å². The Morgan fingerprint density at radius 3 is 2.77 bits per heavy atom. The van der Waals surface area contributed by atoms with Gasteiger partial charge in [0.05, 0.1) is 18.0 Å². The molecule has 0 N–H and O–H groups in total. The number of ether oxygens (including phenoxy) is 1. The van der Waals surface area contributed by atoms with Gasteiger partial charge in [-0.05, 0) is 24.6 Å². The summed E-state index contributed by atoms with van der Waals surface area (Å²) in [5.41, 5.74) is 1.14. The molecule has 0 spiro atoms. The minimum absolute atomic E-state index is 0.128. The Hall–Kier alpha value is -1.85. The van der Waals surface area contributed by atoms with Crippen LogP contribution in [0, 0.1) is 0 Å². The van der Waals surface area contributed by atoms with Gasteiger partial charge in [-0.25, -0.2) is 0 Å². The quantitative estimate of drug-likeness (QED) is 0.873. The molecular formula is C17H20N2O2S. The van der Waals surface area contributed by atoms with E-state index in [1.165, 1.54) is 11.3 Å². The molecular weight excluding hydrogens is 296 g/mol. The standard InChI is InChI=1S/C17H20N2O2S/c1-18-9-10-19(17(20)16-8-5-11-22-16)12-14(18)13-6-3-4-7-15(13)21-2/h3-8,11,14H,9-10,12H2,1-2H3. The van der Waals surface area contributed by atoms with E-state index in [9.17, 15) is 4.79 Å². The van der Waals surface area contributed by atoms with Crippen molar-refractivity contribution in [3.63, 3.8) is 0 Å². The van der Waals surface area contributed by atoms with Gasteiger partial charge in [-0.2, -0.15) is 0 Å². The van der Waals surface area contributed by atoms with E-state index < -0.39 is 0 Å². The summed E-state index contributed by atoms with van der Waals surface area (Å²) in [6.07, 6.45) is 0. The molecule has 4 nitrogen and oxygen atoms in total. The second-order valence-corrected chi connectivity index (χ2v) is 6.41. The van der Waals surface area contributed by atoms with E-state index in [-0.39, 0.29) is 11.9 Å². The van der Waals surface area contributed by atoms with Crippen LogP contribution in [0.25, 0.3) is 0 Å². The summed E-state index contributed by atoms with van der Waals surface area (Å²) >= 11 is 1.50. The van der Waals surface area contributed by atoms with Gasteiger partial charge in [0.1, 0.15) is 5.75 Å². The summed E-state index contributed by atoms with van der Waals surface area (Å²) < 4.78 is 5.49. The number of thiophene rings is 1. The molecule has 2 aromatic rings. The van der Waals surface area contributed by atoms with Crippen LogP contribution in [-0.2, 0) is 0 Å². The number of amides is 1. The van der Waals surface area contributed by atoms with Crippen molar-refractivity contribution < 1.29 is 9.53 Å². The molecule has 1 atom stereocenters. The molecule has 2 heterocycles. The second kappa shape index (κ2) is 6.50. The molecule has 1 saturated heterocycles. The van der Waals surface area contributed by atoms with Gasteiger partial charge in [0.15, 0.2) is 0 Å². The topological polar surface area (TPSA) is 32.8 Å². The Morgan fingerprint density at radius 1 is 1.23 bits per heavy atom. The van der Waals surface area contributed by atoms with E-state index in [1.54, 1.807) is 7.11 Å². The molecule has 0 saturated carbocycles. The van der Waals surface area contributed by atoms with Crippen LogP contribution in [0.1, 0.15) is 21.3 Å². The molecule has 1 aliphatic rings. The van der Waals surface area contributed by atoms with Crippen LogP contribution < -0.4 is 4.74 Å². The van der Waals surface area contributed by atoms with E-state index in [1.807, 2.05) is 40.6 Å². The number of benzene rings is 1. The smallest absolute Gasteiger partial charge is 0.264 e. The molecule has 22 heavy (non-hydrogen) atoms. The Kier molecular flexibility index (Phi) is 4.45. The molecule has 1 aromatic heterocycles. The van der Waals surface area contributed by atoms with Gasteiger partial charge in [0, 0.05) is 25.2 Å². The zero-order chi connectivity index (χ0) is 15.5. The van der Waals surface area contributed by atoms with Crippen molar-refractivity contribution in [2.45, 2.75) is 6.04 Å². The number of hydrogen-bond donors (Lipinski definition) is 0. The number of carbonyl (C=O) groups is 1. The van der Waals surface area contributed by atoms with Crippen LogP contribution in [0.3, 0.4) is 0 Å². The van der Waals surface area contributed by atoms with Crippen molar-refractivity contribution in [3.05, 3.63) is 52.2 Å². The zero-order valence-electron chi connectivity index (χ0n) is 12.9. The minimum atomic E-state index is 0.128. The maximum atomic E-state index is 12.6. The average molecular weight is 316 g/mol. The average Bonchev–Trinajstić information content (AvgIpc) is 3.09. The highest BCUT2D eigenvalue weighted by Gasteiger charge is 2.30. The van der Waals surface area contributed by atoms with Gasteiger partial charge in [0.25, 0.3) is 5.91 Å². The van der Waals surface area contributed by atoms with Crippen LogP contribution >= 0.6 is 11.3 Å². The Labute approximate surface area is 134 Å². The maximum Gasteiger partial charge on any atom is 0.264 e. The van der Waals surface area contributed by atoms with Crippen molar-refractivity contribution >= 4 is 17.2 Å². The third-order valence-corrected chi connectivity index (χ3v) is 5.02. The number of hydrogen-bond acceptors (Lipinski definition) is 4. The van der Waals surface area contributed by atoms with Crippen LogP contribution in [0.4, 0.5) is 0 Å². The Morgan fingerprint density at radius 2 is 2.05 bits per heavy atom.